The van der Waals surface area contributed by atoms with Crippen molar-refractivity contribution < 1.29 is 32.3 Å². The van der Waals surface area contributed by atoms with E-state index in [4.69, 9.17) is 4.74 Å². The molecule has 0 aliphatic carbocycles. The Kier molecular flexibility index (Phi) is 9.28. The average Bonchev–Trinajstić information content (AvgIpc) is 2.83. The highest BCUT2D eigenvalue weighted by molar-refractivity contribution is 5.94. The van der Waals surface area contributed by atoms with Gasteiger partial charge in [0.15, 0.2) is 0 Å². The van der Waals surface area contributed by atoms with Gasteiger partial charge in [0, 0.05) is 32.1 Å². The van der Waals surface area contributed by atoms with E-state index in [1.165, 1.54) is 12.1 Å². The Morgan fingerprint density at radius 3 is 2.31 bits per heavy atom. The second-order valence-electron chi connectivity index (χ2n) is 8.52. The standard InChI is InChI=1S/C26H29F3N2O4/c1-2-35-25(33)16-22(17-3-5-19(27)6-4-17)18-10-13-31(14-11-18)24(32)9-12-30-26(34)21-8-7-20(28)15-23(21)29/h3-8,15,18,22H,2,9-14,16H2,1H3,(H,30,34). The predicted octanol–water partition coefficient (Wildman–Crippen LogP) is 4.20. The molecule has 1 atom stereocenters. The number of halogens is 3. The van der Waals surface area contributed by atoms with Crippen LogP contribution in [-0.2, 0) is 14.3 Å². The number of rotatable bonds is 9. The number of hydrogen-bond acceptors (Lipinski definition) is 4. The Labute approximate surface area is 202 Å². The smallest absolute Gasteiger partial charge is 0.306 e. The molecule has 1 unspecified atom stereocenters. The average molecular weight is 491 g/mol. The number of carbonyl (C=O) groups is 3. The lowest BCUT2D eigenvalue weighted by molar-refractivity contribution is -0.144. The van der Waals surface area contributed by atoms with Crippen LogP contribution >= 0.6 is 0 Å². The molecule has 35 heavy (non-hydrogen) atoms. The van der Waals surface area contributed by atoms with Gasteiger partial charge in [0.05, 0.1) is 18.6 Å². The van der Waals surface area contributed by atoms with Gasteiger partial charge in [-0.2, -0.15) is 0 Å². The maximum Gasteiger partial charge on any atom is 0.306 e. The lowest BCUT2D eigenvalue weighted by atomic mass is 9.78. The van der Waals surface area contributed by atoms with Crippen LogP contribution in [0.1, 0.15) is 54.4 Å². The molecule has 0 aromatic heterocycles. The molecule has 1 N–H and O–H groups in total. The van der Waals surface area contributed by atoms with Crippen molar-refractivity contribution in [1.82, 2.24) is 10.2 Å². The molecule has 9 heteroatoms. The fourth-order valence-electron chi connectivity index (χ4n) is 4.43. The van der Waals surface area contributed by atoms with Crippen molar-refractivity contribution in [2.45, 2.75) is 38.5 Å². The van der Waals surface area contributed by atoms with E-state index in [-0.39, 0.29) is 61.1 Å². The van der Waals surface area contributed by atoms with Crippen LogP contribution in [0.15, 0.2) is 42.5 Å². The second-order valence-corrected chi connectivity index (χ2v) is 8.52. The summed E-state index contributed by atoms with van der Waals surface area (Å²) in [4.78, 5) is 38.6. The first-order valence-corrected chi connectivity index (χ1v) is 11.7. The summed E-state index contributed by atoms with van der Waals surface area (Å²) < 4.78 is 45.2. The molecule has 2 aromatic rings. The van der Waals surface area contributed by atoms with E-state index in [9.17, 15) is 27.6 Å². The number of hydrogen-bond donors (Lipinski definition) is 1. The fourth-order valence-corrected chi connectivity index (χ4v) is 4.43. The Morgan fingerprint density at radius 2 is 1.69 bits per heavy atom. The molecule has 0 spiro atoms. The normalized spacial score (nSPS) is 14.9. The van der Waals surface area contributed by atoms with Crippen LogP contribution in [0.2, 0.25) is 0 Å². The van der Waals surface area contributed by atoms with Crippen LogP contribution in [0.25, 0.3) is 0 Å². The second kappa shape index (κ2) is 12.4. The number of piperidine rings is 1. The zero-order valence-corrected chi connectivity index (χ0v) is 19.6. The van der Waals surface area contributed by atoms with E-state index in [1.807, 2.05) is 0 Å². The van der Waals surface area contributed by atoms with Crippen LogP contribution in [0.4, 0.5) is 13.2 Å². The van der Waals surface area contributed by atoms with Crippen LogP contribution in [-0.4, -0.2) is 48.9 Å². The third-order valence-electron chi connectivity index (χ3n) is 6.25. The van der Waals surface area contributed by atoms with Gasteiger partial charge in [0.1, 0.15) is 17.5 Å². The molecule has 1 aliphatic rings. The van der Waals surface area contributed by atoms with Crippen LogP contribution in [0, 0.1) is 23.4 Å². The summed E-state index contributed by atoms with van der Waals surface area (Å²) in [5.74, 6) is -3.28. The molecule has 3 rings (SSSR count). The van der Waals surface area contributed by atoms with Crippen LogP contribution in [0.3, 0.4) is 0 Å². The summed E-state index contributed by atoms with van der Waals surface area (Å²) in [7, 11) is 0. The highest BCUT2D eigenvalue weighted by Gasteiger charge is 2.31. The number of carbonyl (C=O) groups excluding carboxylic acids is 3. The molecule has 1 aliphatic heterocycles. The Bertz CT molecular complexity index is 1040. The lowest BCUT2D eigenvalue weighted by Crippen LogP contribution is -2.41. The Morgan fingerprint density at radius 1 is 1.03 bits per heavy atom. The van der Waals surface area contributed by atoms with Gasteiger partial charge in [-0.05, 0) is 61.4 Å². The van der Waals surface area contributed by atoms with Crippen molar-refractivity contribution in [3.63, 3.8) is 0 Å². The van der Waals surface area contributed by atoms with E-state index in [0.717, 1.165) is 17.7 Å². The van der Waals surface area contributed by atoms with Gasteiger partial charge in [0.2, 0.25) is 5.91 Å². The minimum Gasteiger partial charge on any atom is -0.466 e. The minimum absolute atomic E-state index is 0.0233. The third-order valence-corrected chi connectivity index (χ3v) is 6.25. The highest BCUT2D eigenvalue weighted by Crippen LogP contribution is 2.36. The molecule has 0 radical (unpaired) electrons. The summed E-state index contributed by atoms with van der Waals surface area (Å²) in [6.07, 6.45) is 1.56. The van der Waals surface area contributed by atoms with Gasteiger partial charge in [-0.1, -0.05) is 12.1 Å². The number of likely N-dealkylation sites (tertiary alicyclic amines) is 1. The zero-order chi connectivity index (χ0) is 25.4. The van der Waals surface area contributed by atoms with Crippen molar-refractivity contribution in [2.24, 2.45) is 5.92 Å². The molecule has 2 amide bonds. The fraction of sp³-hybridized carbons (Fsp3) is 0.423. The molecule has 0 bridgehead atoms. The molecular formula is C26H29F3N2O4. The van der Waals surface area contributed by atoms with E-state index in [0.29, 0.717) is 32.0 Å². The topological polar surface area (TPSA) is 75.7 Å². The first-order valence-electron chi connectivity index (χ1n) is 11.7. The zero-order valence-electron chi connectivity index (χ0n) is 19.6. The van der Waals surface area contributed by atoms with Gasteiger partial charge in [-0.15, -0.1) is 0 Å². The predicted molar refractivity (Wildman–Crippen MR) is 123 cm³/mol. The molecular weight excluding hydrogens is 461 g/mol. The summed E-state index contributed by atoms with van der Waals surface area (Å²) in [6, 6.07) is 8.80. The molecule has 1 saturated heterocycles. The number of esters is 1. The van der Waals surface area contributed by atoms with Gasteiger partial charge in [0.25, 0.3) is 5.91 Å². The first-order chi connectivity index (χ1) is 16.8. The third kappa shape index (κ3) is 7.31. The van der Waals surface area contributed by atoms with Crippen molar-refractivity contribution in [3.8, 4) is 0 Å². The van der Waals surface area contributed by atoms with E-state index < -0.39 is 17.5 Å². The summed E-state index contributed by atoms with van der Waals surface area (Å²) >= 11 is 0. The maximum atomic E-state index is 13.7. The van der Waals surface area contributed by atoms with E-state index >= 15 is 0 Å². The van der Waals surface area contributed by atoms with Gasteiger partial charge < -0.3 is 15.0 Å². The minimum atomic E-state index is -0.963. The van der Waals surface area contributed by atoms with Crippen LogP contribution < -0.4 is 5.32 Å². The van der Waals surface area contributed by atoms with Crippen molar-refractivity contribution in [2.75, 3.05) is 26.2 Å². The SMILES string of the molecule is CCOC(=O)CC(c1ccc(F)cc1)C1CCN(C(=O)CCNC(=O)c2ccc(F)cc2F)CC1. The molecule has 0 saturated carbocycles. The summed E-state index contributed by atoms with van der Waals surface area (Å²) in [6.45, 7) is 3.03. The Hall–Kier alpha value is -3.36. The van der Waals surface area contributed by atoms with Gasteiger partial charge in [-0.3, -0.25) is 14.4 Å². The summed E-state index contributed by atoms with van der Waals surface area (Å²) in [5.41, 5.74) is 0.577. The quantitative estimate of drug-likeness (QED) is 0.535. The first kappa shape index (κ1) is 26.2. The van der Waals surface area contributed by atoms with E-state index in [1.54, 1.807) is 24.0 Å². The number of nitrogens with one attached hydrogen (secondary N) is 1. The number of benzene rings is 2. The largest absolute Gasteiger partial charge is 0.466 e. The summed E-state index contributed by atoms with van der Waals surface area (Å²) in [5, 5.41) is 2.48. The monoisotopic (exact) mass is 490 g/mol. The molecule has 1 heterocycles. The van der Waals surface area contributed by atoms with Crippen molar-refractivity contribution in [3.05, 3.63) is 71.0 Å². The van der Waals surface area contributed by atoms with Gasteiger partial charge in [-0.25, -0.2) is 13.2 Å². The maximum absolute atomic E-state index is 13.7. The molecule has 1 fully saturated rings. The molecule has 188 valence electrons. The molecule has 2 aromatic carbocycles. The van der Waals surface area contributed by atoms with Crippen molar-refractivity contribution in [1.29, 1.82) is 0 Å². The van der Waals surface area contributed by atoms with Crippen LogP contribution in [0.5, 0.6) is 0 Å². The molecule has 6 nitrogen and oxygen atoms in total. The number of nitrogens with zero attached hydrogens (tertiary/aromatic N) is 1. The highest BCUT2D eigenvalue weighted by atomic mass is 19.1. The Balaban J connectivity index is 1.51. The number of ether oxygens (including phenoxy) is 1. The van der Waals surface area contributed by atoms with E-state index in [2.05, 4.69) is 5.32 Å². The van der Waals surface area contributed by atoms with Crippen molar-refractivity contribution >= 4 is 17.8 Å². The van der Waals surface area contributed by atoms with Gasteiger partial charge >= 0.3 is 5.97 Å². The lowest BCUT2D eigenvalue weighted by Gasteiger charge is -2.36. The number of amides is 2.